The van der Waals surface area contributed by atoms with Crippen LogP contribution in [0.2, 0.25) is 0 Å². The maximum atomic E-state index is 3.68. The van der Waals surface area contributed by atoms with Crippen LogP contribution in [0.5, 0.6) is 0 Å². The molecule has 0 rings (SSSR count). The van der Waals surface area contributed by atoms with Crippen molar-refractivity contribution in [3.63, 3.8) is 0 Å². The summed E-state index contributed by atoms with van der Waals surface area (Å²) in [6, 6.07) is 0. The van der Waals surface area contributed by atoms with Crippen molar-refractivity contribution in [1.29, 1.82) is 0 Å². The molecule has 2 heteroatoms. The third-order valence-corrected chi connectivity index (χ3v) is 1.43. The summed E-state index contributed by atoms with van der Waals surface area (Å²) in [7, 11) is 0. The Morgan fingerprint density at radius 1 is 1.33 bits per heavy atom. The number of hydrogen-bond donors (Lipinski definition) is 1. The second-order valence-electron chi connectivity index (χ2n) is 1.95. The summed E-state index contributed by atoms with van der Waals surface area (Å²) in [5.41, 5.74) is 0. The van der Waals surface area contributed by atoms with E-state index in [1.807, 2.05) is 6.08 Å². The SMILES string of the molecule is C=CC[NH+](CC)CC.[Br-]. The second-order valence-corrected chi connectivity index (χ2v) is 1.95. The molecule has 0 heterocycles. The first-order chi connectivity index (χ1) is 3.85. The summed E-state index contributed by atoms with van der Waals surface area (Å²) in [5.74, 6) is 0. The minimum Gasteiger partial charge on any atom is -1.00 e. The zero-order valence-electron chi connectivity index (χ0n) is 6.28. The number of quaternary nitrogens is 1. The molecule has 1 nitrogen and oxygen atoms in total. The van der Waals surface area contributed by atoms with Crippen molar-refractivity contribution in [1.82, 2.24) is 0 Å². The lowest BCUT2D eigenvalue weighted by atomic mass is 10.5. The molecule has 0 aromatic heterocycles. The van der Waals surface area contributed by atoms with Gasteiger partial charge in [-0.25, -0.2) is 0 Å². The van der Waals surface area contributed by atoms with E-state index in [0.717, 1.165) is 6.54 Å². The molecule has 0 bridgehead atoms. The topological polar surface area (TPSA) is 4.44 Å². The van der Waals surface area contributed by atoms with E-state index in [0.29, 0.717) is 0 Å². The number of hydrogen-bond acceptors (Lipinski definition) is 0. The van der Waals surface area contributed by atoms with Gasteiger partial charge in [0.25, 0.3) is 0 Å². The molecule has 0 atom stereocenters. The average Bonchev–Trinajstić information content (AvgIpc) is 1.83. The van der Waals surface area contributed by atoms with Gasteiger partial charge in [0.15, 0.2) is 0 Å². The van der Waals surface area contributed by atoms with Gasteiger partial charge in [-0.1, -0.05) is 6.58 Å². The van der Waals surface area contributed by atoms with Crippen LogP contribution in [0.4, 0.5) is 0 Å². The summed E-state index contributed by atoms with van der Waals surface area (Å²) in [6.07, 6.45) is 1.97. The van der Waals surface area contributed by atoms with Gasteiger partial charge >= 0.3 is 0 Å². The van der Waals surface area contributed by atoms with Crippen LogP contribution in [-0.2, 0) is 0 Å². The van der Waals surface area contributed by atoms with Crippen molar-refractivity contribution in [2.45, 2.75) is 13.8 Å². The molecule has 0 aliphatic heterocycles. The van der Waals surface area contributed by atoms with E-state index in [1.54, 1.807) is 4.90 Å². The molecule has 0 aromatic carbocycles. The van der Waals surface area contributed by atoms with Crippen molar-refractivity contribution in [2.75, 3.05) is 19.6 Å². The van der Waals surface area contributed by atoms with E-state index < -0.39 is 0 Å². The van der Waals surface area contributed by atoms with E-state index in [4.69, 9.17) is 0 Å². The van der Waals surface area contributed by atoms with Crippen LogP contribution in [0, 0.1) is 0 Å². The van der Waals surface area contributed by atoms with E-state index in [2.05, 4.69) is 20.4 Å². The maximum absolute atomic E-state index is 3.68. The highest BCUT2D eigenvalue weighted by Crippen LogP contribution is 1.52. The van der Waals surface area contributed by atoms with Crippen molar-refractivity contribution in [2.24, 2.45) is 0 Å². The fraction of sp³-hybridized carbons (Fsp3) is 0.714. The Hall–Kier alpha value is 0.180. The number of rotatable bonds is 4. The highest BCUT2D eigenvalue weighted by molar-refractivity contribution is 4.62. The minimum atomic E-state index is 0. The lowest BCUT2D eigenvalue weighted by Gasteiger charge is -2.11. The monoisotopic (exact) mass is 193 g/mol. The summed E-state index contributed by atoms with van der Waals surface area (Å²) in [6.45, 7) is 11.6. The van der Waals surface area contributed by atoms with Gasteiger partial charge < -0.3 is 21.9 Å². The van der Waals surface area contributed by atoms with Gasteiger partial charge in [0.1, 0.15) is 0 Å². The predicted molar refractivity (Wildman–Crippen MR) is 37.1 cm³/mol. The van der Waals surface area contributed by atoms with Gasteiger partial charge in [-0.05, 0) is 19.9 Å². The van der Waals surface area contributed by atoms with Crippen molar-refractivity contribution in [3.05, 3.63) is 12.7 Å². The van der Waals surface area contributed by atoms with Crippen molar-refractivity contribution < 1.29 is 21.9 Å². The highest BCUT2D eigenvalue weighted by atomic mass is 79.9. The second kappa shape index (κ2) is 8.18. The third-order valence-electron chi connectivity index (χ3n) is 1.43. The van der Waals surface area contributed by atoms with Crippen LogP contribution < -0.4 is 21.9 Å². The zero-order valence-corrected chi connectivity index (χ0v) is 7.87. The lowest BCUT2D eigenvalue weighted by Crippen LogP contribution is -3.11. The van der Waals surface area contributed by atoms with Crippen LogP contribution in [0.3, 0.4) is 0 Å². The van der Waals surface area contributed by atoms with Gasteiger partial charge in [0, 0.05) is 0 Å². The molecule has 0 saturated heterocycles. The summed E-state index contributed by atoms with van der Waals surface area (Å²) in [4.78, 5) is 1.60. The molecule has 1 N–H and O–H groups in total. The van der Waals surface area contributed by atoms with Crippen molar-refractivity contribution in [3.8, 4) is 0 Å². The Morgan fingerprint density at radius 2 is 1.78 bits per heavy atom. The number of nitrogens with one attached hydrogen (secondary N) is 1. The van der Waals surface area contributed by atoms with E-state index in [1.165, 1.54) is 13.1 Å². The number of likely N-dealkylation sites (N-methyl/N-ethyl adjacent to an activating group) is 1. The van der Waals surface area contributed by atoms with Gasteiger partial charge in [0.05, 0.1) is 19.6 Å². The molecule has 0 saturated carbocycles. The number of halogens is 1. The van der Waals surface area contributed by atoms with Crippen LogP contribution in [0.15, 0.2) is 12.7 Å². The average molecular weight is 194 g/mol. The van der Waals surface area contributed by atoms with Gasteiger partial charge in [-0.2, -0.15) is 0 Å². The van der Waals surface area contributed by atoms with Crippen molar-refractivity contribution >= 4 is 0 Å². The van der Waals surface area contributed by atoms with Crippen LogP contribution in [0.1, 0.15) is 13.8 Å². The molecule has 0 aliphatic carbocycles. The molecule has 0 radical (unpaired) electrons. The Kier molecular flexibility index (Phi) is 10.8. The first-order valence-electron chi connectivity index (χ1n) is 3.29. The molecule has 0 fully saturated rings. The molecule has 9 heavy (non-hydrogen) atoms. The normalized spacial score (nSPS) is 8.78. The largest absolute Gasteiger partial charge is 1.00 e. The van der Waals surface area contributed by atoms with E-state index >= 15 is 0 Å². The smallest absolute Gasteiger partial charge is 0.0955 e. The molecular weight excluding hydrogens is 178 g/mol. The lowest BCUT2D eigenvalue weighted by molar-refractivity contribution is -0.890. The molecule has 0 amide bonds. The fourth-order valence-electron chi connectivity index (χ4n) is 0.743. The van der Waals surface area contributed by atoms with E-state index in [9.17, 15) is 0 Å². The van der Waals surface area contributed by atoms with Crippen LogP contribution in [0.25, 0.3) is 0 Å². The van der Waals surface area contributed by atoms with Crippen LogP contribution in [-0.4, -0.2) is 19.6 Å². The Balaban J connectivity index is 0. The molecular formula is C7H16BrN. The van der Waals surface area contributed by atoms with Gasteiger partial charge in [-0.3, -0.25) is 0 Å². The third kappa shape index (κ3) is 6.06. The van der Waals surface area contributed by atoms with Crippen LogP contribution >= 0.6 is 0 Å². The molecule has 56 valence electrons. The van der Waals surface area contributed by atoms with E-state index in [-0.39, 0.29) is 17.0 Å². The van der Waals surface area contributed by atoms with Gasteiger partial charge in [-0.15, -0.1) is 0 Å². The molecule has 0 aliphatic rings. The summed E-state index contributed by atoms with van der Waals surface area (Å²) >= 11 is 0. The summed E-state index contributed by atoms with van der Waals surface area (Å²) in [5, 5.41) is 0. The first kappa shape index (κ1) is 11.9. The van der Waals surface area contributed by atoms with Gasteiger partial charge in [0.2, 0.25) is 0 Å². The Labute approximate surface area is 68.5 Å². The fourth-order valence-corrected chi connectivity index (χ4v) is 0.743. The molecule has 0 aromatic rings. The Bertz CT molecular complexity index is 59.9. The Morgan fingerprint density at radius 3 is 1.89 bits per heavy atom. The first-order valence-corrected chi connectivity index (χ1v) is 3.29. The molecule has 0 spiro atoms. The quantitative estimate of drug-likeness (QED) is 0.458. The molecule has 0 unspecified atom stereocenters. The minimum absolute atomic E-state index is 0. The predicted octanol–water partition coefficient (Wildman–Crippen LogP) is -2.90. The highest BCUT2D eigenvalue weighted by Gasteiger charge is 1.94. The zero-order chi connectivity index (χ0) is 6.41. The summed E-state index contributed by atoms with van der Waals surface area (Å²) < 4.78 is 0. The maximum Gasteiger partial charge on any atom is 0.0955 e. The standard InChI is InChI=1S/C7H15N.BrH/c1-4-7-8(5-2)6-3;/h4H,1,5-7H2,2-3H3;1H.